The highest BCUT2D eigenvalue weighted by molar-refractivity contribution is 6.30. The van der Waals surface area contributed by atoms with Crippen LogP contribution in [0.4, 0.5) is 0 Å². The zero-order chi connectivity index (χ0) is 18.8. The van der Waals surface area contributed by atoms with Crippen LogP contribution in [0.2, 0.25) is 5.02 Å². The summed E-state index contributed by atoms with van der Waals surface area (Å²) in [5.74, 6) is 0. The zero-order valence-corrected chi connectivity index (χ0v) is 16.3. The lowest BCUT2D eigenvalue weighted by atomic mass is 9.94. The van der Waals surface area contributed by atoms with Gasteiger partial charge in [0.05, 0.1) is 17.1 Å². The maximum Gasteiger partial charge on any atom is 0.270 e. The molecule has 1 aromatic heterocycles. The maximum atomic E-state index is 12.0. The first-order valence-electron chi connectivity index (χ1n) is 9.68. The van der Waals surface area contributed by atoms with Crippen molar-refractivity contribution in [3.63, 3.8) is 0 Å². The summed E-state index contributed by atoms with van der Waals surface area (Å²) >= 11 is 6.12. The third-order valence-electron chi connectivity index (χ3n) is 5.38. The summed E-state index contributed by atoms with van der Waals surface area (Å²) in [5, 5.41) is 0.751. The molecule has 4 rings (SSSR count). The highest BCUT2D eigenvalue weighted by atomic mass is 35.5. The molecule has 1 aliphatic heterocycles. The van der Waals surface area contributed by atoms with E-state index in [1.807, 2.05) is 25.1 Å². The molecular weight excluding hydrogens is 358 g/mol. The Morgan fingerprint density at radius 3 is 2.48 bits per heavy atom. The van der Waals surface area contributed by atoms with Crippen molar-refractivity contribution in [2.24, 2.45) is 0 Å². The van der Waals surface area contributed by atoms with Gasteiger partial charge in [-0.25, -0.2) is 4.98 Å². The van der Waals surface area contributed by atoms with Gasteiger partial charge >= 0.3 is 0 Å². The van der Waals surface area contributed by atoms with Crippen LogP contribution in [0.3, 0.4) is 0 Å². The van der Waals surface area contributed by atoms with Crippen molar-refractivity contribution in [3.05, 3.63) is 74.7 Å². The number of rotatable bonds is 4. The molecule has 27 heavy (non-hydrogen) atoms. The zero-order valence-electron chi connectivity index (χ0n) is 15.5. The van der Waals surface area contributed by atoms with E-state index in [-0.39, 0.29) is 11.6 Å². The smallest absolute Gasteiger partial charge is 0.270 e. The molecule has 0 spiro atoms. The van der Waals surface area contributed by atoms with Crippen LogP contribution in [0.25, 0.3) is 11.0 Å². The molecule has 2 heterocycles. The number of hydrogen-bond donors (Lipinski definition) is 1. The molecule has 1 aliphatic rings. The van der Waals surface area contributed by atoms with E-state index in [1.54, 1.807) is 0 Å². The maximum absolute atomic E-state index is 12.0. The van der Waals surface area contributed by atoms with Crippen molar-refractivity contribution in [2.75, 3.05) is 13.1 Å². The van der Waals surface area contributed by atoms with Gasteiger partial charge in [0.25, 0.3) is 5.56 Å². The molecule has 2 aromatic carbocycles. The molecule has 1 atom stereocenters. The van der Waals surface area contributed by atoms with Crippen molar-refractivity contribution in [1.29, 1.82) is 0 Å². The van der Waals surface area contributed by atoms with Gasteiger partial charge in [0, 0.05) is 5.02 Å². The van der Waals surface area contributed by atoms with Crippen LogP contribution in [0.5, 0.6) is 0 Å². The van der Waals surface area contributed by atoms with Gasteiger partial charge in [-0.15, -0.1) is 0 Å². The van der Waals surface area contributed by atoms with Crippen molar-refractivity contribution in [2.45, 2.75) is 38.6 Å². The highest BCUT2D eigenvalue weighted by Gasteiger charge is 2.24. The van der Waals surface area contributed by atoms with E-state index < -0.39 is 0 Å². The number of nitrogens with zero attached hydrogens (tertiary/aromatic N) is 2. The SMILES string of the molecule is CCc1nc2cc(C(c3ccc(Cl)cc3)N3CCCCC3)ccc2[nH]c1=O. The van der Waals surface area contributed by atoms with Gasteiger partial charge in [0.15, 0.2) is 0 Å². The molecule has 0 saturated carbocycles. The number of aromatic amines is 1. The lowest BCUT2D eigenvalue weighted by Crippen LogP contribution is -2.34. The van der Waals surface area contributed by atoms with Crippen LogP contribution < -0.4 is 5.56 Å². The largest absolute Gasteiger partial charge is 0.319 e. The molecule has 1 saturated heterocycles. The minimum atomic E-state index is -0.0944. The first kappa shape index (κ1) is 18.2. The number of nitrogens with one attached hydrogen (secondary N) is 1. The molecule has 1 unspecified atom stereocenters. The van der Waals surface area contributed by atoms with Crippen LogP contribution in [0.15, 0.2) is 47.3 Å². The second kappa shape index (κ2) is 7.83. The topological polar surface area (TPSA) is 49.0 Å². The van der Waals surface area contributed by atoms with Gasteiger partial charge in [-0.2, -0.15) is 0 Å². The van der Waals surface area contributed by atoms with Crippen molar-refractivity contribution in [3.8, 4) is 0 Å². The molecule has 5 heteroatoms. The van der Waals surface area contributed by atoms with Crippen molar-refractivity contribution < 1.29 is 0 Å². The lowest BCUT2D eigenvalue weighted by molar-refractivity contribution is 0.187. The number of H-pyrrole nitrogens is 1. The molecule has 4 nitrogen and oxygen atoms in total. The number of benzene rings is 2. The third kappa shape index (κ3) is 3.78. The number of aryl methyl sites for hydroxylation is 1. The molecule has 140 valence electrons. The second-order valence-corrected chi connectivity index (χ2v) is 7.63. The van der Waals surface area contributed by atoms with Crippen LogP contribution in [-0.2, 0) is 6.42 Å². The fourth-order valence-electron chi connectivity index (χ4n) is 3.98. The molecule has 0 aliphatic carbocycles. The summed E-state index contributed by atoms with van der Waals surface area (Å²) in [6, 6.07) is 14.5. The van der Waals surface area contributed by atoms with E-state index in [0.29, 0.717) is 12.1 Å². The van der Waals surface area contributed by atoms with Crippen LogP contribution in [0.1, 0.15) is 49.0 Å². The summed E-state index contributed by atoms with van der Waals surface area (Å²) in [7, 11) is 0. The highest BCUT2D eigenvalue weighted by Crippen LogP contribution is 2.32. The lowest BCUT2D eigenvalue weighted by Gasteiger charge is -2.35. The minimum absolute atomic E-state index is 0.0944. The van der Waals surface area contributed by atoms with E-state index in [1.165, 1.54) is 30.4 Å². The Hall–Kier alpha value is -2.17. The van der Waals surface area contributed by atoms with E-state index in [0.717, 1.165) is 29.1 Å². The summed E-state index contributed by atoms with van der Waals surface area (Å²) in [6.07, 6.45) is 4.37. The fraction of sp³-hybridized carbons (Fsp3) is 0.364. The Morgan fingerprint density at radius 1 is 1.07 bits per heavy atom. The fourth-order valence-corrected chi connectivity index (χ4v) is 4.11. The predicted molar refractivity (Wildman–Crippen MR) is 110 cm³/mol. The predicted octanol–water partition coefficient (Wildman–Crippen LogP) is 4.71. The van der Waals surface area contributed by atoms with Gasteiger partial charge in [-0.1, -0.05) is 43.1 Å². The van der Waals surface area contributed by atoms with E-state index in [4.69, 9.17) is 11.6 Å². The Balaban J connectivity index is 1.82. The standard InChI is InChI=1S/C22H24ClN3O/c1-2-18-22(27)25-19-11-8-16(14-20(19)24-18)21(26-12-4-3-5-13-26)15-6-9-17(23)10-7-15/h6-11,14,21H,2-5,12-13H2,1H3,(H,25,27). The van der Waals surface area contributed by atoms with Crippen LogP contribution in [-0.4, -0.2) is 28.0 Å². The van der Waals surface area contributed by atoms with Gasteiger partial charge in [0.1, 0.15) is 5.69 Å². The van der Waals surface area contributed by atoms with Gasteiger partial charge < -0.3 is 4.98 Å². The number of halogens is 1. The number of hydrogen-bond acceptors (Lipinski definition) is 3. The van der Waals surface area contributed by atoms with Gasteiger partial charge in [-0.3, -0.25) is 9.69 Å². The molecule has 0 bridgehead atoms. The Kier molecular flexibility index (Phi) is 5.28. The average Bonchev–Trinajstić information content (AvgIpc) is 2.70. The molecule has 1 N–H and O–H groups in total. The first-order valence-corrected chi connectivity index (χ1v) is 10.1. The molecular formula is C22H24ClN3O. The third-order valence-corrected chi connectivity index (χ3v) is 5.63. The van der Waals surface area contributed by atoms with E-state index in [9.17, 15) is 4.79 Å². The summed E-state index contributed by atoms with van der Waals surface area (Å²) in [5.41, 5.74) is 4.56. The minimum Gasteiger partial charge on any atom is -0.319 e. The number of likely N-dealkylation sites (tertiary alicyclic amines) is 1. The average molecular weight is 382 g/mol. The first-order chi connectivity index (χ1) is 13.2. The molecule has 0 amide bonds. The second-order valence-electron chi connectivity index (χ2n) is 7.19. The monoisotopic (exact) mass is 381 g/mol. The van der Waals surface area contributed by atoms with E-state index >= 15 is 0 Å². The summed E-state index contributed by atoms with van der Waals surface area (Å²) in [6.45, 7) is 4.13. The summed E-state index contributed by atoms with van der Waals surface area (Å²) in [4.78, 5) is 22.1. The van der Waals surface area contributed by atoms with Crippen molar-refractivity contribution >= 4 is 22.6 Å². The molecule has 1 fully saturated rings. The quantitative estimate of drug-likeness (QED) is 0.711. The van der Waals surface area contributed by atoms with Crippen LogP contribution >= 0.6 is 11.6 Å². The molecule has 3 aromatic rings. The van der Waals surface area contributed by atoms with E-state index in [2.05, 4.69) is 39.1 Å². The van der Waals surface area contributed by atoms with Crippen molar-refractivity contribution in [1.82, 2.24) is 14.9 Å². The summed E-state index contributed by atoms with van der Waals surface area (Å²) < 4.78 is 0. The molecule has 0 radical (unpaired) electrons. The Labute approximate surface area is 164 Å². The number of aromatic nitrogens is 2. The normalized spacial score (nSPS) is 16.5. The Morgan fingerprint density at radius 2 is 1.78 bits per heavy atom. The van der Waals surface area contributed by atoms with Gasteiger partial charge in [-0.05, 0) is 67.7 Å². The number of fused-ring (bicyclic) bond motifs is 1. The van der Waals surface area contributed by atoms with Crippen LogP contribution in [0, 0.1) is 0 Å². The Bertz CT molecular complexity index is 991. The number of piperidine rings is 1. The van der Waals surface area contributed by atoms with Gasteiger partial charge in [0.2, 0.25) is 0 Å².